The summed E-state index contributed by atoms with van der Waals surface area (Å²) in [6, 6.07) is 4.41. The van der Waals surface area contributed by atoms with Crippen molar-refractivity contribution in [2.75, 3.05) is 0 Å². The summed E-state index contributed by atoms with van der Waals surface area (Å²) in [7, 11) is 0. The standard InChI is InChI=1S/C13H17FINOS/c1-5-12(16-18(17)13(2,3)4)9-6-10(14)8-11(15)7-9/h5-8,12,16H,1H2,2-4H3/t12-,18-/m1/s1. The maximum absolute atomic E-state index is 13.4. The number of benzene rings is 1. The summed E-state index contributed by atoms with van der Waals surface area (Å²) in [4.78, 5) is 0. The van der Waals surface area contributed by atoms with Crippen molar-refractivity contribution in [2.24, 2.45) is 0 Å². The summed E-state index contributed by atoms with van der Waals surface area (Å²) < 4.78 is 28.8. The van der Waals surface area contributed by atoms with Gasteiger partial charge in [0.25, 0.3) is 0 Å². The normalized spacial score (nSPS) is 15.2. The maximum Gasteiger partial charge on any atom is 0.136 e. The number of rotatable bonds is 4. The molecule has 1 aromatic rings. The zero-order valence-electron chi connectivity index (χ0n) is 10.7. The van der Waals surface area contributed by atoms with Gasteiger partial charge in [0.1, 0.15) is 10.6 Å². The SMILES string of the molecule is C=C[C@@H](N[S@+]([O-])C(C)(C)C)c1cc(F)cc(I)c1. The number of nitrogens with one attached hydrogen (secondary N) is 1. The molecule has 100 valence electrons. The fourth-order valence-corrected chi connectivity index (χ4v) is 2.77. The van der Waals surface area contributed by atoms with Crippen LogP contribution in [0.1, 0.15) is 32.4 Å². The average molecular weight is 381 g/mol. The van der Waals surface area contributed by atoms with Crippen LogP contribution in [0.5, 0.6) is 0 Å². The van der Waals surface area contributed by atoms with Crippen LogP contribution in [0.3, 0.4) is 0 Å². The molecule has 0 radical (unpaired) electrons. The van der Waals surface area contributed by atoms with Gasteiger partial charge in [-0.1, -0.05) is 6.08 Å². The first kappa shape index (κ1) is 15.9. The van der Waals surface area contributed by atoms with Crippen molar-refractivity contribution in [2.45, 2.75) is 31.6 Å². The third-order valence-electron chi connectivity index (χ3n) is 2.27. The quantitative estimate of drug-likeness (QED) is 0.490. The Morgan fingerprint density at radius 2 is 2.06 bits per heavy atom. The summed E-state index contributed by atoms with van der Waals surface area (Å²) in [5.74, 6) is -0.299. The van der Waals surface area contributed by atoms with Gasteiger partial charge in [0.2, 0.25) is 0 Å². The molecule has 1 aromatic carbocycles. The van der Waals surface area contributed by atoms with E-state index in [1.165, 1.54) is 12.1 Å². The Morgan fingerprint density at radius 1 is 1.44 bits per heavy atom. The van der Waals surface area contributed by atoms with E-state index in [1.807, 2.05) is 26.8 Å². The molecule has 0 unspecified atom stereocenters. The Labute approximate surface area is 125 Å². The van der Waals surface area contributed by atoms with Crippen LogP contribution in [0, 0.1) is 9.39 Å². The first-order valence-corrected chi connectivity index (χ1v) is 7.73. The number of halogens is 2. The molecule has 18 heavy (non-hydrogen) atoms. The van der Waals surface area contributed by atoms with E-state index >= 15 is 0 Å². The molecule has 0 heterocycles. The molecule has 0 aromatic heterocycles. The minimum Gasteiger partial charge on any atom is -0.598 e. The Kier molecular flexibility index (Phi) is 5.64. The van der Waals surface area contributed by atoms with Crippen molar-refractivity contribution in [3.05, 3.63) is 45.8 Å². The average Bonchev–Trinajstić information content (AvgIpc) is 2.22. The molecule has 2 atom stereocenters. The highest BCUT2D eigenvalue weighted by Crippen LogP contribution is 2.23. The minimum atomic E-state index is -1.23. The van der Waals surface area contributed by atoms with Crippen LogP contribution in [0.25, 0.3) is 0 Å². The summed E-state index contributed by atoms with van der Waals surface area (Å²) in [5.41, 5.74) is 0.729. The van der Waals surface area contributed by atoms with Crippen molar-refractivity contribution in [3.63, 3.8) is 0 Å². The molecule has 0 spiro atoms. The summed E-state index contributed by atoms with van der Waals surface area (Å²) >= 11 is 0.826. The lowest BCUT2D eigenvalue weighted by Crippen LogP contribution is -2.40. The van der Waals surface area contributed by atoms with Crippen LogP contribution in [-0.2, 0) is 11.4 Å². The van der Waals surface area contributed by atoms with Crippen LogP contribution < -0.4 is 4.72 Å². The second kappa shape index (κ2) is 6.36. The Bertz CT molecular complexity index is 413. The maximum atomic E-state index is 13.4. The summed E-state index contributed by atoms with van der Waals surface area (Å²) in [5, 5.41) is 0. The van der Waals surface area contributed by atoms with Gasteiger partial charge < -0.3 is 4.55 Å². The van der Waals surface area contributed by atoms with Crippen LogP contribution in [0.4, 0.5) is 4.39 Å². The topological polar surface area (TPSA) is 35.1 Å². The predicted octanol–water partition coefficient (Wildman–Crippen LogP) is 3.71. The number of hydrogen-bond donors (Lipinski definition) is 1. The van der Waals surface area contributed by atoms with Crippen molar-refractivity contribution < 1.29 is 8.94 Å². The predicted molar refractivity (Wildman–Crippen MR) is 83.1 cm³/mol. The lowest BCUT2D eigenvalue weighted by Gasteiger charge is -2.27. The van der Waals surface area contributed by atoms with E-state index in [2.05, 4.69) is 33.9 Å². The molecule has 0 saturated heterocycles. The molecule has 2 nitrogen and oxygen atoms in total. The Balaban J connectivity index is 2.93. The highest BCUT2D eigenvalue weighted by atomic mass is 127. The van der Waals surface area contributed by atoms with Gasteiger partial charge in [0.15, 0.2) is 0 Å². The van der Waals surface area contributed by atoms with Gasteiger partial charge in [-0.25, -0.2) is 4.39 Å². The van der Waals surface area contributed by atoms with E-state index in [9.17, 15) is 8.94 Å². The second-order valence-corrected chi connectivity index (χ2v) is 8.16. The van der Waals surface area contributed by atoms with Gasteiger partial charge in [-0.3, -0.25) is 0 Å². The van der Waals surface area contributed by atoms with E-state index in [0.717, 1.165) is 9.13 Å². The highest BCUT2D eigenvalue weighted by Gasteiger charge is 2.29. The smallest absolute Gasteiger partial charge is 0.136 e. The van der Waals surface area contributed by atoms with E-state index < -0.39 is 11.4 Å². The van der Waals surface area contributed by atoms with Gasteiger partial charge in [0, 0.05) is 14.9 Å². The van der Waals surface area contributed by atoms with Crippen LogP contribution in [-0.4, -0.2) is 9.30 Å². The molecule has 0 bridgehead atoms. The molecule has 1 rings (SSSR count). The number of hydrogen-bond acceptors (Lipinski definition) is 2. The largest absolute Gasteiger partial charge is 0.598 e. The van der Waals surface area contributed by atoms with Crippen molar-refractivity contribution in [1.82, 2.24) is 4.72 Å². The summed E-state index contributed by atoms with van der Waals surface area (Å²) in [6.07, 6.45) is 1.63. The summed E-state index contributed by atoms with van der Waals surface area (Å²) in [6.45, 7) is 9.35. The second-order valence-electron chi connectivity index (χ2n) is 4.92. The van der Waals surface area contributed by atoms with Crippen LogP contribution >= 0.6 is 22.6 Å². The van der Waals surface area contributed by atoms with E-state index in [1.54, 1.807) is 6.08 Å². The third kappa shape index (κ3) is 4.53. The van der Waals surface area contributed by atoms with Crippen LogP contribution in [0.15, 0.2) is 30.9 Å². The molecule has 0 aliphatic carbocycles. The first-order valence-electron chi connectivity index (χ1n) is 5.50. The molecule has 0 aliphatic heterocycles. The van der Waals surface area contributed by atoms with Gasteiger partial charge in [-0.15, -0.1) is 11.3 Å². The Hall–Kier alpha value is -0.110. The van der Waals surface area contributed by atoms with Crippen molar-refractivity contribution in [3.8, 4) is 0 Å². The monoisotopic (exact) mass is 381 g/mol. The van der Waals surface area contributed by atoms with Crippen LogP contribution in [0.2, 0.25) is 0 Å². The molecule has 5 heteroatoms. The molecular formula is C13H17FINOS. The zero-order valence-corrected chi connectivity index (χ0v) is 13.6. The van der Waals surface area contributed by atoms with E-state index in [4.69, 9.17) is 0 Å². The van der Waals surface area contributed by atoms with Gasteiger partial charge in [-0.2, -0.15) is 0 Å². The van der Waals surface area contributed by atoms with Gasteiger partial charge in [0.05, 0.1) is 6.04 Å². The molecule has 0 aliphatic rings. The fraction of sp³-hybridized carbons (Fsp3) is 0.385. The molecule has 0 saturated carbocycles. The lowest BCUT2D eigenvalue weighted by atomic mass is 10.1. The van der Waals surface area contributed by atoms with E-state index in [0.29, 0.717) is 0 Å². The zero-order chi connectivity index (χ0) is 13.9. The molecule has 0 fully saturated rings. The minimum absolute atomic E-state index is 0.299. The van der Waals surface area contributed by atoms with E-state index in [-0.39, 0.29) is 16.6 Å². The highest BCUT2D eigenvalue weighted by molar-refractivity contribution is 14.1. The molecular weight excluding hydrogens is 364 g/mol. The van der Waals surface area contributed by atoms with Crippen molar-refractivity contribution >= 4 is 34.0 Å². The lowest BCUT2D eigenvalue weighted by molar-refractivity contribution is 0.537. The third-order valence-corrected chi connectivity index (χ3v) is 4.47. The first-order chi connectivity index (χ1) is 8.24. The fourth-order valence-electron chi connectivity index (χ4n) is 1.30. The van der Waals surface area contributed by atoms with Gasteiger partial charge >= 0.3 is 0 Å². The van der Waals surface area contributed by atoms with Gasteiger partial charge in [-0.05, 0) is 67.1 Å². The molecule has 1 N–H and O–H groups in total. The molecule has 0 amide bonds. The Morgan fingerprint density at radius 3 is 2.50 bits per heavy atom. The van der Waals surface area contributed by atoms with Crippen molar-refractivity contribution in [1.29, 1.82) is 0 Å².